The van der Waals surface area contributed by atoms with E-state index in [4.69, 9.17) is 9.47 Å². The topological polar surface area (TPSA) is 67.9 Å². The lowest BCUT2D eigenvalue weighted by atomic mass is 10.0. The van der Waals surface area contributed by atoms with Crippen molar-refractivity contribution in [2.45, 2.75) is 17.4 Å². The molecule has 0 aliphatic carbocycles. The molecule has 1 aliphatic rings. The Bertz CT molecular complexity index is 1110. The van der Waals surface area contributed by atoms with Crippen LogP contribution in [0.1, 0.15) is 22.9 Å². The molecule has 2 heterocycles. The van der Waals surface area contributed by atoms with Crippen LogP contribution in [0.25, 0.3) is 0 Å². The van der Waals surface area contributed by atoms with E-state index in [1.807, 2.05) is 53.9 Å². The van der Waals surface area contributed by atoms with Crippen molar-refractivity contribution in [3.05, 3.63) is 70.4 Å². The summed E-state index contributed by atoms with van der Waals surface area (Å²) >= 11 is 1.55. The highest BCUT2D eigenvalue weighted by atomic mass is 32.2. The summed E-state index contributed by atoms with van der Waals surface area (Å²) in [6, 6.07) is 16.3. The average Bonchev–Trinajstić information content (AvgIpc) is 3.21. The molecule has 158 valence electrons. The zero-order valence-corrected chi connectivity index (χ0v) is 18.5. The molecule has 0 spiro atoms. The number of thiophene rings is 1. The van der Waals surface area contributed by atoms with E-state index in [-0.39, 0.29) is 10.9 Å². The van der Waals surface area contributed by atoms with E-state index in [9.17, 15) is 8.42 Å². The Morgan fingerprint density at radius 1 is 1.10 bits per heavy atom. The van der Waals surface area contributed by atoms with Gasteiger partial charge in [-0.1, -0.05) is 24.3 Å². The third-order valence-corrected chi connectivity index (χ3v) is 7.86. The third kappa shape index (κ3) is 3.96. The first-order valence-corrected chi connectivity index (χ1v) is 12.0. The number of ether oxygens (including phenoxy) is 2. The number of methoxy groups -OCH3 is 1. The number of fused-ring (bicyclic) bond motifs is 2. The molecule has 0 saturated carbocycles. The van der Waals surface area contributed by atoms with Gasteiger partial charge in [-0.2, -0.15) is 0 Å². The van der Waals surface area contributed by atoms with Crippen LogP contribution < -0.4 is 14.4 Å². The SMILES string of the molecule is COCCCNC1c2ccc(Oc3ccccc3)cc2S(=O)(=O)N(C)c2ccsc21. The molecule has 1 aromatic heterocycles. The van der Waals surface area contributed by atoms with Crippen molar-refractivity contribution in [2.24, 2.45) is 0 Å². The van der Waals surface area contributed by atoms with Crippen LogP contribution in [-0.4, -0.2) is 35.7 Å². The number of benzene rings is 2. The fourth-order valence-corrected chi connectivity index (χ4v) is 6.07. The van der Waals surface area contributed by atoms with E-state index in [0.29, 0.717) is 30.3 Å². The van der Waals surface area contributed by atoms with Gasteiger partial charge >= 0.3 is 0 Å². The van der Waals surface area contributed by atoms with Crippen LogP contribution >= 0.6 is 11.3 Å². The van der Waals surface area contributed by atoms with Gasteiger partial charge in [0.25, 0.3) is 10.0 Å². The molecule has 4 rings (SSSR count). The Kier molecular flexibility index (Phi) is 6.10. The number of para-hydroxylation sites is 1. The summed E-state index contributed by atoms with van der Waals surface area (Å²) in [5.41, 5.74) is 1.42. The highest BCUT2D eigenvalue weighted by Gasteiger charge is 2.36. The van der Waals surface area contributed by atoms with Gasteiger partial charge in [-0.3, -0.25) is 4.31 Å². The Hall–Kier alpha value is -2.39. The first-order valence-electron chi connectivity index (χ1n) is 9.68. The molecule has 8 heteroatoms. The number of nitrogens with zero attached hydrogens (tertiary/aromatic N) is 1. The van der Waals surface area contributed by atoms with Gasteiger partial charge in [-0.05, 0) is 48.2 Å². The van der Waals surface area contributed by atoms with Gasteiger partial charge in [0.2, 0.25) is 0 Å². The standard InChI is InChI=1S/C22H24N2O4S2/c1-24-19-11-14-29-22(19)21(23-12-6-13-27-2)18-10-9-17(15-20(18)30(24,25)26)28-16-7-4-3-5-8-16/h3-5,7-11,14-15,21,23H,6,12-13H2,1-2H3. The first-order chi connectivity index (χ1) is 14.5. The van der Waals surface area contributed by atoms with Gasteiger partial charge in [0, 0.05) is 26.8 Å². The van der Waals surface area contributed by atoms with Crippen molar-refractivity contribution in [1.82, 2.24) is 5.32 Å². The van der Waals surface area contributed by atoms with Gasteiger partial charge < -0.3 is 14.8 Å². The van der Waals surface area contributed by atoms with Crippen LogP contribution in [0.15, 0.2) is 64.9 Å². The van der Waals surface area contributed by atoms with Gasteiger partial charge in [0.1, 0.15) is 11.5 Å². The molecule has 0 amide bonds. The lowest BCUT2D eigenvalue weighted by Crippen LogP contribution is -2.26. The van der Waals surface area contributed by atoms with Gasteiger partial charge in [-0.25, -0.2) is 8.42 Å². The predicted molar refractivity (Wildman–Crippen MR) is 119 cm³/mol. The molecule has 1 unspecified atom stereocenters. The average molecular weight is 445 g/mol. The molecule has 0 bridgehead atoms. The second kappa shape index (κ2) is 8.77. The number of hydrogen-bond acceptors (Lipinski definition) is 6. The smallest absolute Gasteiger partial charge is 0.264 e. The van der Waals surface area contributed by atoms with Crippen LogP contribution in [0, 0.1) is 0 Å². The highest BCUT2D eigenvalue weighted by molar-refractivity contribution is 7.92. The van der Waals surface area contributed by atoms with Crippen molar-refractivity contribution < 1.29 is 17.9 Å². The van der Waals surface area contributed by atoms with Crippen LogP contribution in [0.5, 0.6) is 11.5 Å². The molecule has 3 aromatic rings. The van der Waals surface area contributed by atoms with Crippen molar-refractivity contribution >= 4 is 27.0 Å². The zero-order chi connectivity index (χ0) is 21.1. The number of nitrogens with one attached hydrogen (secondary N) is 1. The van der Waals surface area contributed by atoms with Gasteiger partial charge in [0.15, 0.2) is 0 Å². The van der Waals surface area contributed by atoms with Crippen molar-refractivity contribution in [2.75, 3.05) is 31.6 Å². The molecular formula is C22H24N2O4S2. The number of anilines is 1. The quantitative estimate of drug-likeness (QED) is 0.547. The van der Waals surface area contributed by atoms with E-state index in [1.54, 1.807) is 31.6 Å². The largest absolute Gasteiger partial charge is 0.457 e. The van der Waals surface area contributed by atoms with E-state index in [0.717, 1.165) is 16.9 Å². The fraction of sp³-hybridized carbons (Fsp3) is 0.273. The monoisotopic (exact) mass is 444 g/mol. The minimum Gasteiger partial charge on any atom is -0.457 e. The molecule has 1 aliphatic heterocycles. The summed E-state index contributed by atoms with van der Waals surface area (Å²) in [6.07, 6.45) is 0.834. The second-order valence-corrected chi connectivity index (χ2v) is 9.88. The maximum Gasteiger partial charge on any atom is 0.264 e. The minimum atomic E-state index is -3.73. The lowest BCUT2D eigenvalue weighted by molar-refractivity contribution is 0.193. The van der Waals surface area contributed by atoms with E-state index in [2.05, 4.69) is 5.32 Å². The van der Waals surface area contributed by atoms with E-state index >= 15 is 0 Å². The number of rotatable bonds is 7. The zero-order valence-electron chi connectivity index (χ0n) is 16.9. The molecular weight excluding hydrogens is 420 g/mol. The van der Waals surface area contributed by atoms with Crippen LogP contribution in [0.3, 0.4) is 0 Å². The summed E-state index contributed by atoms with van der Waals surface area (Å²) in [5.74, 6) is 1.14. The van der Waals surface area contributed by atoms with Crippen molar-refractivity contribution in [1.29, 1.82) is 0 Å². The second-order valence-electron chi connectivity index (χ2n) is 6.99. The molecule has 6 nitrogen and oxygen atoms in total. The fourth-order valence-electron chi connectivity index (χ4n) is 3.54. The normalized spacial score (nSPS) is 17.1. The molecule has 30 heavy (non-hydrogen) atoms. The minimum absolute atomic E-state index is 0.225. The lowest BCUT2D eigenvalue weighted by Gasteiger charge is -2.19. The van der Waals surface area contributed by atoms with E-state index < -0.39 is 10.0 Å². The van der Waals surface area contributed by atoms with E-state index in [1.165, 1.54) is 4.31 Å². The summed E-state index contributed by atoms with van der Waals surface area (Å²) in [7, 11) is -0.454. The predicted octanol–water partition coefficient (Wildman–Crippen LogP) is 4.39. The first kappa shape index (κ1) is 20.9. The van der Waals surface area contributed by atoms with Crippen molar-refractivity contribution in [3.63, 3.8) is 0 Å². The molecule has 0 fully saturated rings. The summed E-state index contributed by atoms with van der Waals surface area (Å²) in [4.78, 5) is 1.24. The van der Waals surface area contributed by atoms with Crippen LogP contribution in [-0.2, 0) is 14.8 Å². The maximum absolute atomic E-state index is 13.4. The van der Waals surface area contributed by atoms with Crippen LogP contribution in [0.4, 0.5) is 5.69 Å². The third-order valence-electron chi connectivity index (χ3n) is 5.06. The molecule has 2 aromatic carbocycles. The molecule has 0 saturated heterocycles. The Morgan fingerprint density at radius 2 is 1.90 bits per heavy atom. The van der Waals surface area contributed by atoms with Crippen molar-refractivity contribution in [3.8, 4) is 11.5 Å². The maximum atomic E-state index is 13.4. The highest BCUT2D eigenvalue weighted by Crippen LogP contribution is 2.44. The number of hydrogen-bond donors (Lipinski definition) is 1. The summed E-state index contributed by atoms with van der Waals surface area (Å²) in [5, 5.41) is 5.45. The Labute approximate surface area is 181 Å². The summed E-state index contributed by atoms with van der Waals surface area (Å²) < 4.78 is 39.3. The Balaban J connectivity index is 1.77. The summed E-state index contributed by atoms with van der Waals surface area (Å²) in [6.45, 7) is 1.35. The molecule has 1 atom stereocenters. The molecule has 1 N–H and O–H groups in total. The number of sulfonamides is 1. The molecule has 0 radical (unpaired) electrons. The van der Waals surface area contributed by atoms with Gasteiger partial charge in [-0.15, -0.1) is 11.3 Å². The Morgan fingerprint density at radius 3 is 2.67 bits per heavy atom. The van der Waals surface area contributed by atoms with Gasteiger partial charge in [0.05, 0.1) is 21.5 Å². The van der Waals surface area contributed by atoms with Crippen LogP contribution in [0.2, 0.25) is 0 Å².